The first kappa shape index (κ1) is 13.5. The number of aryl methyl sites for hydroxylation is 1. The van der Waals surface area contributed by atoms with Gasteiger partial charge in [0.25, 0.3) is 0 Å². The smallest absolute Gasteiger partial charge is 0.165 e. The minimum Gasteiger partial charge on any atom is -0.494 e. The number of hydrogen-bond acceptors (Lipinski definition) is 3. The van der Waals surface area contributed by atoms with Crippen molar-refractivity contribution in [2.75, 3.05) is 14.2 Å². The van der Waals surface area contributed by atoms with E-state index in [0.717, 1.165) is 11.3 Å². The molecule has 0 spiro atoms. The van der Waals surface area contributed by atoms with E-state index in [0.29, 0.717) is 6.42 Å². The highest BCUT2D eigenvalue weighted by atomic mass is 19.1. The Bertz CT molecular complexity index is 553. The van der Waals surface area contributed by atoms with E-state index in [1.165, 1.54) is 13.2 Å². The normalized spacial score (nSPS) is 12.4. The van der Waals surface area contributed by atoms with E-state index in [1.54, 1.807) is 12.4 Å². The molecule has 0 saturated carbocycles. The van der Waals surface area contributed by atoms with Crippen molar-refractivity contribution in [1.29, 1.82) is 0 Å². The molecule has 0 radical (unpaired) electrons. The van der Waals surface area contributed by atoms with Crippen LogP contribution in [0.25, 0.3) is 0 Å². The fourth-order valence-corrected chi connectivity index (χ4v) is 2.13. The van der Waals surface area contributed by atoms with Crippen molar-refractivity contribution in [1.82, 2.24) is 14.9 Å². The van der Waals surface area contributed by atoms with Crippen molar-refractivity contribution in [3.8, 4) is 5.75 Å². The van der Waals surface area contributed by atoms with Gasteiger partial charge in [0.15, 0.2) is 11.6 Å². The number of methoxy groups -OCH3 is 1. The van der Waals surface area contributed by atoms with E-state index in [1.807, 2.05) is 30.9 Å². The molecule has 1 N–H and O–H groups in total. The van der Waals surface area contributed by atoms with Crippen molar-refractivity contribution >= 4 is 0 Å². The third-order valence-electron chi connectivity index (χ3n) is 3.22. The van der Waals surface area contributed by atoms with Crippen LogP contribution in [0.15, 0.2) is 30.7 Å². The Morgan fingerprint density at radius 3 is 2.79 bits per heavy atom. The Hall–Kier alpha value is -1.88. The molecule has 5 heteroatoms. The molecule has 0 amide bonds. The number of nitrogens with zero attached hydrogens (tertiary/aromatic N) is 2. The molecule has 0 aliphatic rings. The van der Waals surface area contributed by atoms with E-state index in [-0.39, 0.29) is 17.6 Å². The largest absolute Gasteiger partial charge is 0.494 e. The monoisotopic (exact) mass is 263 g/mol. The quantitative estimate of drug-likeness (QED) is 0.897. The number of nitrogens with one attached hydrogen (secondary N) is 1. The zero-order chi connectivity index (χ0) is 13.8. The van der Waals surface area contributed by atoms with Crippen LogP contribution >= 0.6 is 0 Å². The topological polar surface area (TPSA) is 39.1 Å². The van der Waals surface area contributed by atoms with Gasteiger partial charge in [0.2, 0.25) is 0 Å². The number of imidazole rings is 1. The molecule has 0 saturated heterocycles. The molecule has 1 unspecified atom stereocenters. The average Bonchev–Trinajstić information content (AvgIpc) is 2.82. The van der Waals surface area contributed by atoms with Crippen molar-refractivity contribution in [2.24, 2.45) is 7.05 Å². The third-order valence-corrected chi connectivity index (χ3v) is 3.22. The molecule has 0 bridgehead atoms. The average molecular weight is 263 g/mol. The number of aromatic nitrogens is 2. The lowest BCUT2D eigenvalue weighted by molar-refractivity contribution is 0.386. The molecule has 1 atom stereocenters. The maximum absolute atomic E-state index is 13.7. The van der Waals surface area contributed by atoms with Gasteiger partial charge in [-0.2, -0.15) is 0 Å². The van der Waals surface area contributed by atoms with Crippen molar-refractivity contribution < 1.29 is 9.13 Å². The maximum atomic E-state index is 13.7. The predicted molar refractivity (Wildman–Crippen MR) is 71.7 cm³/mol. The van der Waals surface area contributed by atoms with Crippen LogP contribution in [0.5, 0.6) is 5.75 Å². The molecule has 4 nitrogen and oxygen atoms in total. The number of ether oxygens (including phenoxy) is 1. The number of benzene rings is 1. The zero-order valence-electron chi connectivity index (χ0n) is 11.4. The molecule has 1 heterocycles. The summed E-state index contributed by atoms with van der Waals surface area (Å²) in [7, 11) is 5.29. The number of likely N-dealkylation sites (N-methyl/N-ethyl adjacent to an activating group) is 1. The second kappa shape index (κ2) is 5.84. The summed E-state index contributed by atoms with van der Waals surface area (Å²) in [6.07, 6.45) is 4.27. The predicted octanol–water partition coefficient (Wildman–Crippen LogP) is 2.07. The first-order valence-electron chi connectivity index (χ1n) is 6.11. The van der Waals surface area contributed by atoms with Gasteiger partial charge in [-0.15, -0.1) is 0 Å². The summed E-state index contributed by atoms with van der Waals surface area (Å²) in [6, 6.07) is 5.14. The van der Waals surface area contributed by atoms with Crippen molar-refractivity contribution in [3.05, 3.63) is 47.8 Å². The first-order chi connectivity index (χ1) is 9.15. The molecule has 2 rings (SSSR count). The van der Waals surface area contributed by atoms with Crippen LogP contribution in [0, 0.1) is 5.82 Å². The van der Waals surface area contributed by atoms with Crippen LogP contribution in [0.2, 0.25) is 0 Å². The molecule has 1 aromatic heterocycles. The highest BCUT2D eigenvalue weighted by molar-refractivity contribution is 5.30. The van der Waals surface area contributed by atoms with E-state index in [9.17, 15) is 4.39 Å². The van der Waals surface area contributed by atoms with E-state index in [2.05, 4.69) is 10.3 Å². The number of halogens is 1. The SMILES string of the molecule is CNC(Cc1ccc(OC)c(F)c1)c1cncn1C. The summed E-state index contributed by atoms with van der Waals surface area (Å²) in [6.45, 7) is 0. The Labute approximate surface area is 112 Å². The minimum absolute atomic E-state index is 0.0975. The van der Waals surface area contributed by atoms with Crippen LogP contribution in [-0.2, 0) is 13.5 Å². The van der Waals surface area contributed by atoms with Gasteiger partial charge in [-0.25, -0.2) is 9.37 Å². The Morgan fingerprint density at radius 1 is 1.47 bits per heavy atom. The lowest BCUT2D eigenvalue weighted by atomic mass is 10.0. The Kier molecular flexibility index (Phi) is 4.16. The number of hydrogen-bond donors (Lipinski definition) is 1. The molecular formula is C14H18FN3O. The summed E-state index contributed by atoms with van der Waals surface area (Å²) in [5.74, 6) is -0.0647. The van der Waals surface area contributed by atoms with Gasteiger partial charge in [0.1, 0.15) is 0 Å². The molecule has 0 aliphatic carbocycles. The summed E-state index contributed by atoms with van der Waals surface area (Å²) in [5.41, 5.74) is 1.98. The van der Waals surface area contributed by atoms with Crippen molar-refractivity contribution in [3.63, 3.8) is 0 Å². The van der Waals surface area contributed by atoms with Gasteiger partial charge in [-0.1, -0.05) is 6.07 Å². The fourth-order valence-electron chi connectivity index (χ4n) is 2.13. The van der Waals surface area contributed by atoms with Gasteiger partial charge in [-0.05, 0) is 31.2 Å². The maximum Gasteiger partial charge on any atom is 0.165 e. The molecule has 0 aliphatic heterocycles. The molecular weight excluding hydrogens is 245 g/mol. The summed E-state index contributed by atoms with van der Waals surface area (Å²) < 4.78 is 20.5. The fraction of sp³-hybridized carbons (Fsp3) is 0.357. The summed E-state index contributed by atoms with van der Waals surface area (Å²) in [4.78, 5) is 4.11. The lowest BCUT2D eigenvalue weighted by Crippen LogP contribution is -2.21. The second-order valence-corrected chi connectivity index (χ2v) is 4.44. The second-order valence-electron chi connectivity index (χ2n) is 4.44. The third kappa shape index (κ3) is 2.93. The van der Waals surface area contributed by atoms with E-state index >= 15 is 0 Å². The van der Waals surface area contributed by atoms with Crippen LogP contribution in [0.1, 0.15) is 17.3 Å². The van der Waals surface area contributed by atoms with Gasteiger partial charge < -0.3 is 14.6 Å². The standard InChI is InChI=1S/C14H18FN3O/c1-16-12(13-8-17-9-18(13)2)7-10-4-5-14(19-3)11(15)6-10/h4-6,8-9,12,16H,7H2,1-3H3. The van der Waals surface area contributed by atoms with Gasteiger partial charge in [0.05, 0.1) is 25.2 Å². The van der Waals surface area contributed by atoms with Crippen molar-refractivity contribution in [2.45, 2.75) is 12.5 Å². The lowest BCUT2D eigenvalue weighted by Gasteiger charge is -2.17. The molecule has 1 aromatic carbocycles. The van der Waals surface area contributed by atoms with Crippen LogP contribution in [0.3, 0.4) is 0 Å². The van der Waals surface area contributed by atoms with Gasteiger partial charge in [-0.3, -0.25) is 0 Å². The molecule has 102 valence electrons. The highest BCUT2D eigenvalue weighted by Gasteiger charge is 2.14. The highest BCUT2D eigenvalue weighted by Crippen LogP contribution is 2.22. The van der Waals surface area contributed by atoms with Crippen LogP contribution < -0.4 is 10.1 Å². The van der Waals surface area contributed by atoms with Crippen LogP contribution in [0.4, 0.5) is 4.39 Å². The number of rotatable bonds is 5. The van der Waals surface area contributed by atoms with Gasteiger partial charge in [0, 0.05) is 13.2 Å². The summed E-state index contributed by atoms with van der Waals surface area (Å²) in [5, 5.41) is 3.23. The first-order valence-corrected chi connectivity index (χ1v) is 6.11. The van der Waals surface area contributed by atoms with Crippen LogP contribution in [-0.4, -0.2) is 23.7 Å². The molecule has 0 fully saturated rings. The summed E-state index contributed by atoms with van der Waals surface area (Å²) >= 11 is 0. The Balaban J connectivity index is 2.19. The molecule has 2 aromatic rings. The van der Waals surface area contributed by atoms with E-state index < -0.39 is 0 Å². The molecule has 19 heavy (non-hydrogen) atoms. The minimum atomic E-state index is -0.333. The Morgan fingerprint density at radius 2 is 2.26 bits per heavy atom. The van der Waals surface area contributed by atoms with E-state index in [4.69, 9.17) is 4.74 Å². The van der Waals surface area contributed by atoms with Gasteiger partial charge >= 0.3 is 0 Å². The zero-order valence-corrected chi connectivity index (χ0v) is 11.4.